The Labute approximate surface area is 149 Å². The first kappa shape index (κ1) is 15.6. The number of nitrogens with zero attached hydrogens (tertiary/aromatic N) is 3. The van der Waals surface area contributed by atoms with Crippen LogP contribution in [0.4, 0.5) is 5.69 Å². The van der Waals surface area contributed by atoms with Crippen LogP contribution in [-0.2, 0) is 13.0 Å². The molecule has 5 heteroatoms. The zero-order chi connectivity index (χ0) is 16.9. The van der Waals surface area contributed by atoms with Gasteiger partial charge in [0.15, 0.2) is 10.6 Å². The second kappa shape index (κ2) is 7.32. The van der Waals surface area contributed by atoms with Gasteiger partial charge in [-0.1, -0.05) is 24.3 Å². The van der Waals surface area contributed by atoms with E-state index in [1.807, 2.05) is 66.9 Å². The van der Waals surface area contributed by atoms with E-state index < -0.39 is 0 Å². The first-order chi connectivity index (χ1) is 12.4. The van der Waals surface area contributed by atoms with Crippen LogP contribution in [-0.4, -0.2) is 9.55 Å². The van der Waals surface area contributed by atoms with Gasteiger partial charge in [-0.3, -0.25) is 4.98 Å². The summed E-state index contributed by atoms with van der Waals surface area (Å²) in [5, 5.41) is 2.10. The highest BCUT2D eigenvalue weighted by Gasteiger charge is 2.10. The summed E-state index contributed by atoms with van der Waals surface area (Å²) < 4.78 is 7.80. The molecule has 0 amide bonds. The fourth-order valence-electron chi connectivity index (χ4n) is 2.64. The first-order valence-electron chi connectivity index (χ1n) is 8.12. The number of rotatable bonds is 5. The highest BCUT2D eigenvalue weighted by molar-refractivity contribution is 7.07. The van der Waals surface area contributed by atoms with Gasteiger partial charge in [0.05, 0.1) is 17.6 Å². The van der Waals surface area contributed by atoms with Crippen molar-refractivity contribution in [1.82, 2.24) is 9.55 Å². The number of hydrogen-bond acceptors (Lipinski definition) is 4. The number of furan rings is 1. The topological polar surface area (TPSA) is 43.3 Å². The van der Waals surface area contributed by atoms with Crippen molar-refractivity contribution >= 4 is 17.0 Å². The molecule has 0 unspecified atom stereocenters. The molecule has 0 N–H and O–H groups in total. The van der Waals surface area contributed by atoms with Crippen LogP contribution in [0.2, 0.25) is 0 Å². The minimum Gasteiger partial charge on any atom is -0.463 e. The maximum Gasteiger partial charge on any atom is 0.190 e. The summed E-state index contributed by atoms with van der Waals surface area (Å²) in [5.74, 6) is 0.854. The molecule has 0 aliphatic rings. The number of para-hydroxylation sites is 1. The van der Waals surface area contributed by atoms with Crippen molar-refractivity contribution in [2.75, 3.05) is 0 Å². The molecule has 0 spiro atoms. The predicted octanol–water partition coefficient (Wildman–Crippen LogP) is 4.68. The molecule has 124 valence electrons. The maximum absolute atomic E-state index is 5.60. The van der Waals surface area contributed by atoms with E-state index in [-0.39, 0.29) is 0 Å². The Kier molecular flexibility index (Phi) is 4.57. The largest absolute Gasteiger partial charge is 0.463 e. The van der Waals surface area contributed by atoms with Gasteiger partial charge in [0.1, 0.15) is 0 Å². The van der Waals surface area contributed by atoms with Gasteiger partial charge in [-0.15, -0.1) is 11.3 Å². The summed E-state index contributed by atoms with van der Waals surface area (Å²) in [7, 11) is 0. The molecule has 3 aromatic heterocycles. The van der Waals surface area contributed by atoms with E-state index >= 15 is 0 Å². The molecule has 1 aromatic carbocycles. The van der Waals surface area contributed by atoms with E-state index in [9.17, 15) is 0 Å². The van der Waals surface area contributed by atoms with E-state index in [1.54, 1.807) is 17.6 Å². The average molecular weight is 347 g/mol. The Morgan fingerprint density at radius 2 is 1.88 bits per heavy atom. The van der Waals surface area contributed by atoms with Crippen molar-refractivity contribution in [3.63, 3.8) is 0 Å². The maximum atomic E-state index is 5.60. The third-order valence-electron chi connectivity index (χ3n) is 3.87. The number of benzene rings is 1. The third-order valence-corrected chi connectivity index (χ3v) is 4.73. The average Bonchev–Trinajstić information content (AvgIpc) is 3.31. The lowest BCUT2D eigenvalue weighted by Crippen LogP contribution is -2.17. The molecule has 0 aliphatic heterocycles. The van der Waals surface area contributed by atoms with E-state index in [1.165, 1.54) is 0 Å². The van der Waals surface area contributed by atoms with Gasteiger partial charge in [0, 0.05) is 30.2 Å². The van der Waals surface area contributed by atoms with Crippen LogP contribution in [0.5, 0.6) is 0 Å². The predicted molar refractivity (Wildman–Crippen MR) is 99.6 cm³/mol. The lowest BCUT2D eigenvalue weighted by atomic mass is 10.2. The monoisotopic (exact) mass is 347 g/mol. The highest BCUT2D eigenvalue weighted by atomic mass is 32.1. The van der Waals surface area contributed by atoms with Gasteiger partial charge in [-0.05, 0) is 36.4 Å². The zero-order valence-corrected chi connectivity index (χ0v) is 14.4. The molecule has 4 rings (SSSR count). The summed E-state index contributed by atoms with van der Waals surface area (Å²) in [6.07, 6.45) is 4.37. The smallest absolute Gasteiger partial charge is 0.190 e. The summed E-state index contributed by atoms with van der Waals surface area (Å²) in [5.41, 5.74) is 3.06. The van der Waals surface area contributed by atoms with Crippen LogP contribution in [0.3, 0.4) is 0 Å². The summed E-state index contributed by atoms with van der Waals surface area (Å²) in [6.45, 7) is 0.794. The van der Waals surface area contributed by atoms with Gasteiger partial charge < -0.3 is 8.98 Å². The van der Waals surface area contributed by atoms with Crippen LogP contribution >= 0.6 is 11.3 Å². The van der Waals surface area contributed by atoms with Crippen molar-refractivity contribution in [3.05, 3.63) is 89.0 Å². The number of hydrogen-bond donors (Lipinski definition) is 0. The summed E-state index contributed by atoms with van der Waals surface area (Å²) >= 11 is 1.62. The number of aromatic nitrogens is 2. The quantitative estimate of drug-likeness (QED) is 0.526. The van der Waals surface area contributed by atoms with Crippen molar-refractivity contribution in [1.29, 1.82) is 0 Å². The second-order valence-electron chi connectivity index (χ2n) is 5.55. The van der Waals surface area contributed by atoms with Crippen LogP contribution < -0.4 is 4.80 Å². The molecule has 0 fully saturated rings. The first-order valence-corrected chi connectivity index (χ1v) is 9.00. The van der Waals surface area contributed by atoms with Gasteiger partial charge >= 0.3 is 0 Å². The fraction of sp³-hybridized carbons (Fsp3) is 0.100. The Morgan fingerprint density at radius 1 is 1.00 bits per heavy atom. The summed E-state index contributed by atoms with van der Waals surface area (Å²) in [6, 6.07) is 19.9. The van der Waals surface area contributed by atoms with Gasteiger partial charge in [0.25, 0.3) is 0 Å². The summed E-state index contributed by atoms with van der Waals surface area (Å²) in [4.78, 5) is 10.2. The van der Waals surface area contributed by atoms with E-state index in [0.29, 0.717) is 0 Å². The molecule has 0 radical (unpaired) electrons. The SMILES string of the molecule is c1ccc(N=c2scc(-c3ccco3)n2CCc2ccccn2)cc1. The standard InChI is InChI=1S/C20H17N3OS/c1-2-8-17(9-3-1)22-20-23(13-11-16-7-4-5-12-21-16)18(15-25-20)19-10-6-14-24-19/h1-10,12,14-15H,11,13H2. The van der Waals surface area contributed by atoms with Crippen LogP contribution in [0, 0.1) is 0 Å². The van der Waals surface area contributed by atoms with Crippen LogP contribution in [0.1, 0.15) is 5.69 Å². The molecule has 0 aliphatic carbocycles. The number of thiazole rings is 1. The molecule has 3 heterocycles. The Hall–Kier alpha value is -2.92. The lowest BCUT2D eigenvalue weighted by Gasteiger charge is -2.07. The normalized spacial score (nSPS) is 11.8. The Bertz CT molecular complexity index is 986. The van der Waals surface area contributed by atoms with Crippen LogP contribution in [0.15, 0.2) is 87.9 Å². The van der Waals surface area contributed by atoms with Crippen molar-refractivity contribution in [3.8, 4) is 11.5 Å². The molecular weight excluding hydrogens is 330 g/mol. The minimum atomic E-state index is 0.794. The lowest BCUT2D eigenvalue weighted by molar-refractivity contribution is 0.568. The molecule has 0 saturated heterocycles. The van der Waals surface area contributed by atoms with Crippen molar-refractivity contribution in [2.24, 2.45) is 4.99 Å². The molecule has 0 saturated carbocycles. The number of aryl methyl sites for hydroxylation is 1. The molecule has 25 heavy (non-hydrogen) atoms. The third kappa shape index (κ3) is 3.61. The second-order valence-corrected chi connectivity index (χ2v) is 6.39. The van der Waals surface area contributed by atoms with E-state index in [4.69, 9.17) is 9.41 Å². The van der Waals surface area contributed by atoms with Crippen LogP contribution in [0.25, 0.3) is 11.5 Å². The zero-order valence-electron chi connectivity index (χ0n) is 13.6. The molecular formula is C20H17N3OS. The Morgan fingerprint density at radius 3 is 2.64 bits per heavy atom. The highest BCUT2D eigenvalue weighted by Crippen LogP contribution is 2.21. The van der Waals surface area contributed by atoms with E-state index in [0.717, 1.165) is 40.6 Å². The van der Waals surface area contributed by atoms with Crippen molar-refractivity contribution < 1.29 is 4.42 Å². The Balaban J connectivity index is 1.73. The van der Waals surface area contributed by atoms with Crippen molar-refractivity contribution in [2.45, 2.75) is 13.0 Å². The molecule has 0 bridgehead atoms. The molecule has 4 aromatic rings. The minimum absolute atomic E-state index is 0.794. The van der Waals surface area contributed by atoms with Gasteiger partial charge in [-0.2, -0.15) is 0 Å². The number of pyridine rings is 1. The molecule has 0 atom stereocenters. The molecule has 4 nitrogen and oxygen atoms in total. The van der Waals surface area contributed by atoms with Gasteiger partial charge in [0.2, 0.25) is 0 Å². The van der Waals surface area contributed by atoms with E-state index in [2.05, 4.69) is 14.9 Å². The fourth-order valence-corrected chi connectivity index (χ4v) is 3.58. The van der Waals surface area contributed by atoms with Gasteiger partial charge in [-0.25, -0.2) is 4.99 Å².